The molecule has 2 aromatic carbocycles. The van der Waals surface area contributed by atoms with Crippen molar-refractivity contribution in [2.45, 2.75) is 24.3 Å². The molecule has 0 spiro atoms. The molecule has 2 rings (SSSR count). The minimum atomic E-state index is -0.0348. The van der Waals surface area contributed by atoms with E-state index in [1.165, 1.54) is 21.6 Å². The van der Waals surface area contributed by atoms with E-state index in [0.29, 0.717) is 0 Å². The van der Waals surface area contributed by atoms with Gasteiger partial charge in [-0.3, -0.25) is 0 Å². The van der Waals surface area contributed by atoms with Crippen molar-refractivity contribution in [1.82, 2.24) is 0 Å². The molecule has 0 fully saturated rings. The number of benzene rings is 2. The van der Waals surface area contributed by atoms with E-state index in [-0.39, 0.29) is 6.04 Å². The summed E-state index contributed by atoms with van der Waals surface area (Å²) in [5.74, 6) is 0. The van der Waals surface area contributed by atoms with Gasteiger partial charge in [0.2, 0.25) is 0 Å². The number of hydrogen-bond donors (Lipinski definition) is 1. The maximum atomic E-state index is 6.32. The van der Waals surface area contributed by atoms with Crippen LogP contribution >= 0.6 is 11.8 Å². The van der Waals surface area contributed by atoms with Crippen molar-refractivity contribution in [1.29, 1.82) is 0 Å². The molecule has 0 amide bonds. The van der Waals surface area contributed by atoms with E-state index >= 15 is 0 Å². The molecule has 18 heavy (non-hydrogen) atoms. The average Bonchev–Trinajstić information content (AvgIpc) is 2.46. The van der Waals surface area contributed by atoms with Gasteiger partial charge in [-0.15, -0.1) is 11.8 Å². The van der Waals surface area contributed by atoms with E-state index < -0.39 is 0 Å². The largest absolute Gasteiger partial charge is 0.320 e. The molecule has 0 bridgehead atoms. The Kier molecular flexibility index (Phi) is 4.45. The van der Waals surface area contributed by atoms with Gasteiger partial charge in [0, 0.05) is 4.90 Å². The molecule has 1 atom stereocenters. The minimum Gasteiger partial charge on any atom is -0.320 e. The summed E-state index contributed by atoms with van der Waals surface area (Å²) in [6.45, 7) is 2.16. The van der Waals surface area contributed by atoms with Crippen molar-refractivity contribution < 1.29 is 0 Å². The highest BCUT2D eigenvalue weighted by Gasteiger charge is 2.08. The van der Waals surface area contributed by atoms with Crippen LogP contribution in [-0.2, 0) is 6.42 Å². The second kappa shape index (κ2) is 6.07. The van der Waals surface area contributed by atoms with Crippen LogP contribution in [0.2, 0.25) is 0 Å². The third-order valence-corrected chi connectivity index (χ3v) is 3.94. The lowest BCUT2D eigenvalue weighted by Gasteiger charge is -2.14. The standard InChI is InChI=1S/C16H19NS/c1-3-12-5-4-6-14(11-12)16(17)13-7-9-15(18-2)10-8-13/h4-11,16H,3,17H2,1-2H3. The molecule has 0 heterocycles. The minimum absolute atomic E-state index is 0.0348. The number of rotatable bonds is 4. The molecule has 2 N–H and O–H groups in total. The summed E-state index contributed by atoms with van der Waals surface area (Å²) in [6.07, 6.45) is 3.13. The van der Waals surface area contributed by atoms with Crippen molar-refractivity contribution in [3.8, 4) is 0 Å². The van der Waals surface area contributed by atoms with Gasteiger partial charge in [0.25, 0.3) is 0 Å². The van der Waals surface area contributed by atoms with E-state index in [4.69, 9.17) is 5.73 Å². The molecule has 0 radical (unpaired) electrons. The monoisotopic (exact) mass is 257 g/mol. The molecule has 0 saturated heterocycles. The third-order valence-electron chi connectivity index (χ3n) is 3.19. The summed E-state index contributed by atoms with van der Waals surface area (Å²) < 4.78 is 0. The summed E-state index contributed by atoms with van der Waals surface area (Å²) in [6, 6.07) is 17.0. The normalized spacial score (nSPS) is 12.4. The van der Waals surface area contributed by atoms with Gasteiger partial charge in [-0.05, 0) is 41.5 Å². The lowest BCUT2D eigenvalue weighted by atomic mass is 9.97. The second-order valence-electron chi connectivity index (χ2n) is 4.35. The quantitative estimate of drug-likeness (QED) is 0.837. The Morgan fingerprint density at radius 1 is 1.06 bits per heavy atom. The Morgan fingerprint density at radius 3 is 2.39 bits per heavy atom. The first kappa shape index (κ1) is 13.2. The SMILES string of the molecule is CCc1cccc(C(N)c2ccc(SC)cc2)c1. The van der Waals surface area contributed by atoms with Crippen molar-refractivity contribution in [2.24, 2.45) is 5.73 Å². The molecule has 1 unspecified atom stereocenters. The zero-order valence-corrected chi connectivity index (χ0v) is 11.7. The predicted octanol–water partition coefficient (Wildman–Crippen LogP) is 4.02. The molecule has 0 aromatic heterocycles. The van der Waals surface area contributed by atoms with Crippen LogP contribution in [-0.4, -0.2) is 6.26 Å². The van der Waals surface area contributed by atoms with Gasteiger partial charge in [0.05, 0.1) is 6.04 Å². The number of nitrogens with two attached hydrogens (primary N) is 1. The number of aryl methyl sites for hydroxylation is 1. The first-order chi connectivity index (χ1) is 8.74. The zero-order chi connectivity index (χ0) is 13.0. The Hall–Kier alpha value is -1.25. The van der Waals surface area contributed by atoms with Crippen LogP contribution in [0.25, 0.3) is 0 Å². The molecule has 0 saturated carbocycles. The van der Waals surface area contributed by atoms with Gasteiger partial charge in [-0.1, -0.05) is 43.3 Å². The Balaban J connectivity index is 2.25. The fourth-order valence-electron chi connectivity index (χ4n) is 2.01. The molecule has 0 aliphatic rings. The Morgan fingerprint density at radius 2 is 1.78 bits per heavy atom. The van der Waals surface area contributed by atoms with E-state index in [0.717, 1.165) is 6.42 Å². The molecular weight excluding hydrogens is 238 g/mol. The van der Waals surface area contributed by atoms with Crippen molar-refractivity contribution >= 4 is 11.8 Å². The topological polar surface area (TPSA) is 26.0 Å². The fourth-order valence-corrected chi connectivity index (χ4v) is 2.42. The van der Waals surface area contributed by atoms with Crippen molar-refractivity contribution in [2.75, 3.05) is 6.26 Å². The van der Waals surface area contributed by atoms with Crippen molar-refractivity contribution in [3.05, 3.63) is 65.2 Å². The molecule has 0 aliphatic carbocycles. The number of thioether (sulfide) groups is 1. The third kappa shape index (κ3) is 2.95. The van der Waals surface area contributed by atoms with Crippen LogP contribution in [0.4, 0.5) is 0 Å². The molecule has 0 aliphatic heterocycles. The van der Waals surface area contributed by atoms with Crippen LogP contribution < -0.4 is 5.73 Å². The molecular formula is C16H19NS. The van der Waals surface area contributed by atoms with E-state index in [2.05, 4.69) is 61.7 Å². The highest BCUT2D eigenvalue weighted by atomic mass is 32.2. The summed E-state index contributed by atoms with van der Waals surface area (Å²) in [5, 5.41) is 0. The lowest BCUT2D eigenvalue weighted by Crippen LogP contribution is -2.11. The summed E-state index contributed by atoms with van der Waals surface area (Å²) >= 11 is 1.75. The first-order valence-electron chi connectivity index (χ1n) is 6.23. The zero-order valence-electron chi connectivity index (χ0n) is 10.9. The summed E-state index contributed by atoms with van der Waals surface area (Å²) in [5.41, 5.74) is 10.0. The first-order valence-corrected chi connectivity index (χ1v) is 7.45. The van der Waals surface area contributed by atoms with E-state index in [1.54, 1.807) is 11.8 Å². The van der Waals surface area contributed by atoms with Crippen LogP contribution in [0.15, 0.2) is 53.4 Å². The Bertz CT molecular complexity index is 505. The van der Waals surface area contributed by atoms with Gasteiger partial charge in [0.15, 0.2) is 0 Å². The van der Waals surface area contributed by atoms with E-state index in [9.17, 15) is 0 Å². The molecule has 2 aromatic rings. The fraction of sp³-hybridized carbons (Fsp3) is 0.250. The Labute approximate surface area is 113 Å². The molecule has 2 heteroatoms. The molecule has 94 valence electrons. The summed E-state index contributed by atoms with van der Waals surface area (Å²) in [4.78, 5) is 1.27. The van der Waals surface area contributed by atoms with E-state index in [1.807, 2.05) is 0 Å². The summed E-state index contributed by atoms with van der Waals surface area (Å²) in [7, 11) is 0. The van der Waals surface area contributed by atoms with Crippen LogP contribution in [0.5, 0.6) is 0 Å². The number of hydrogen-bond acceptors (Lipinski definition) is 2. The van der Waals surface area contributed by atoms with Gasteiger partial charge >= 0.3 is 0 Å². The van der Waals surface area contributed by atoms with Crippen LogP contribution in [0, 0.1) is 0 Å². The van der Waals surface area contributed by atoms with Crippen molar-refractivity contribution in [3.63, 3.8) is 0 Å². The second-order valence-corrected chi connectivity index (χ2v) is 5.23. The van der Waals surface area contributed by atoms with Crippen LogP contribution in [0.3, 0.4) is 0 Å². The molecule has 1 nitrogen and oxygen atoms in total. The highest BCUT2D eigenvalue weighted by Crippen LogP contribution is 2.23. The van der Waals surface area contributed by atoms with Gasteiger partial charge in [-0.2, -0.15) is 0 Å². The highest BCUT2D eigenvalue weighted by molar-refractivity contribution is 7.98. The maximum Gasteiger partial charge on any atom is 0.0551 e. The average molecular weight is 257 g/mol. The maximum absolute atomic E-state index is 6.32. The smallest absolute Gasteiger partial charge is 0.0551 e. The van der Waals surface area contributed by atoms with Crippen LogP contribution in [0.1, 0.15) is 29.7 Å². The predicted molar refractivity (Wildman–Crippen MR) is 80.1 cm³/mol. The van der Waals surface area contributed by atoms with Gasteiger partial charge in [-0.25, -0.2) is 0 Å². The van der Waals surface area contributed by atoms with Gasteiger partial charge in [0.1, 0.15) is 0 Å². The lowest BCUT2D eigenvalue weighted by molar-refractivity contribution is 0.865. The van der Waals surface area contributed by atoms with Gasteiger partial charge < -0.3 is 5.73 Å².